The van der Waals surface area contributed by atoms with Crippen molar-refractivity contribution in [1.82, 2.24) is 19.7 Å². The molecule has 1 fully saturated rings. The maximum absolute atomic E-state index is 6.10. The average molecular weight is 328 g/mol. The molecule has 0 spiro atoms. The normalized spacial score (nSPS) is 18.7. The highest BCUT2D eigenvalue weighted by molar-refractivity contribution is 6.30. The van der Waals surface area contributed by atoms with Crippen LogP contribution in [0, 0.1) is 5.92 Å². The van der Waals surface area contributed by atoms with Crippen LogP contribution in [-0.4, -0.2) is 39.3 Å². The SMILES string of the molecule is Cl.NCC1CCN(Cc2ccc(Cl)cc2-n2cncn2)C1. The van der Waals surface area contributed by atoms with Gasteiger partial charge in [0.1, 0.15) is 12.7 Å². The summed E-state index contributed by atoms with van der Waals surface area (Å²) in [5.41, 5.74) is 7.95. The van der Waals surface area contributed by atoms with Crippen molar-refractivity contribution in [1.29, 1.82) is 0 Å². The Kier molecular flexibility index (Phi) is 5.58. The van der Waals surface area contributed by atoms with E-state index in [0.29, 0.717) is 10.9 Å². The molecule has 1 aliphatic rings. The topological polar surface area (TPSA) is 60.0 Å². The quantitative estimate of drug-likeness (QED) is 0.934. The molecule has 1 unspecified atom stereocenters. The van der Waals surface area contributed by atoms with Crippen molar-refractivity contribution in [3.8, 4) is 5.69 Å². The molecule has 0 bridgehead atoms. The van der Waals surface area contributed by atoms with Gasteiger partial charge in [0.15, 0.2) is 0 Å². The third-order valence-corrected chi connectivity index (χ3v) is 4.05. The molecule has 3 rings (SSSR count). The van der Waals surface area contributed by atoms with E-state index in [1.54, 1.807) is 11.0 Å². The van der Waals surface area contributed by atoms with E-state index in [0.717, 1.165) is 31.9 Å². The van der Waals surface area contributed by atoms with Crippen LogP contribution in [0.4, 0.5) is 0 Å². The van der Waals surface area contributed by atoms with Crippen molar-refractivity contribution in [3.05, 3.63) is 41.4 Å². The van der Waals surface area contributed by atoms with Gasteiger partial charge in [-0.05, 0) is 43.1 Å². The van der Waals surface area contributed by atoms with Crippen molar-refractivity contribution in [3.63, 3.8) is 0 Å². The number of hydrogen-bond donors (Lipinski definition) is 1. The highest BCUT2D eigenvalue weighted by atomic mass is 35.5. The fourth-order valence-corrected chi connectivity index (χ4v) is 2.87. The lowest BCUT2D eigenvalue weighted by Crippen LogP contribution is -2.23. The lowest BCUT2D eigenvalue weighted by atomic mass is 10.1. The molecule has 0 radical (unpaired) electrons. The minimum absolute atomic E-state index is 0. The van der Waals surface area contributed by atoms with Gasteiger partial charge in [-0.2, -0.15) is 5.10 Å². The van der Waals surface area contributed by atoms with Gasteiger partial charge < -0.3 is 5.73 Å². The first kappa shape index (κ1) is 16.2. The molecule has 1 atom stereocenters. The van der Waals surface area contributed by atoms with E-state index in [1.807, 2.05) is 12.1 Å². The van der Waals surface area contributed by atoms with Crippen LogP contribution in [0.15, 0.2) is 30.9 Å². The summed E-state index contributed by atoms with van der Waals surface area (Å²) in [6, 6.07) is 5.92. The zero-order chi connectivity index (χ0) is 13.9. The van der Waals surface area contributed by atoms with Crippen LogP contribution >= 0.6 is 24.0 Å². The summed E-state index contributed by atoms with van der Waals surface area (Å²) in [5.74, 6) is 0.622. The summed E-state index contributed by atoms with van der Waals surface area (Å²) in [6.07, 6.45) is 4.41. The van der Waals surface area contributed by atoms with E-state index >= 15 is 0 Å². The van der Waals surface area contributed by atoms with Crippen molar-refractivity contribution in [2.75, 3.05) is 19.6 Å². The molecule has 114 valence electrons. The molecular weight excluding hydrogens is 309 g/mol. The van der Waals surface area contributed by atoms with E-state index in [4.69, 9.17) is 17.3 Å². The molecule has 1 aromatic carbocycles. The maximum Gasteiger partial charge on any atom is 0.138 e. The third kappa shape index (κ3) is 3.74. The largest absolute Gasteiger partial charge is 0.330 e. The van der Waals surface area contributed by atoms with Crippen LogP contribution in [0.2, 0.25) is 5.02 Å². The molecule has 1 aliphatic heterocycles. The average Bonchev–Trinajstić information content (AvgIpc) is 3.11. The van der Waals surface area contributed by atoms with Crippen LogP contribution in [0.5, 0.6) is 0 Å². The van der Waals surface area contributed by atoms with Gasteiger partial charge in [0.05, 0.1) is 5.69 Å². The Hall–Kier alpha value is -1.14. The van der Waals surface area contributed by atoms with Crippen LogP contribution in [-0.2, 0) is 6.54 Å². The molecule has 0 amide bonds. The molecule has 0 aliphatic carbocycles. The second-order valence-corrected chi connectivity index (χ2v) is 5.68. The van der Waals surface area contributed by atoms with Gasteiger partial charge in [-0.1, -0.05) is 17.7 Å². The third-order valence-electron chi connectivity index (χ3n) is 3.81. The summed E-state index contributed by atoms with van der Waals surface area (Å²) in [4.78, 5) is 6.44. The van der Waals surface area contributed by atoms with E-state index in [-0.39, 0.29) is 12.4 Å². The van der Waals surface area contributed by atoms with Crippen molar-refractivity contribution in [2.45, 2.75) is 13.0 Å². The van der Waals surface area contributed by atoms with Crippen molar-refractivity contribution >= 4 is 24.0 Å². The fraction of sp³-hybridized carbons (Fsp3) is 0.429. The first-order valence-electron chi connectivity index (χ1n) is 6.82. The number of hydrogen-bond acceptors (Lipinski definition) is 4. The Balaban J connectivity index is 0.00000161. The number of benzene rings is 1. The number of halogens is 2. The highest BCUT2D eigenvalue weighted by Crippen LogP contribution is 2.23. The second-order valence-electron chi connectivity index (χ2n) is 5.24. The molecule has 7 heteroatoms. The monoisotopic (exact) mass is 327 g/mol. The summed E-state index contributed by atoms with van der Waals surface area (Å²) < 4.78 is 1.76. The summed E-state index contributed by atoms with van der Waals surface area (Å²) in [5, 5.41) is 4.91. The second kappa shape index (κ2) is 7.22. The minimum atomic E-state index is 0. The predicted molar refractivity (Wildman–Crippen MR) is 86.1 cm³/mol. The molecule has 21 heavy (non-hydrogen) atoms. The molecule has 1 aromatic heterocycles. The maximum atomic E-state index is 6.10. The summed E-state index contributed by atoms with van der Waals surface area (Å²) in [7, 11) is 0. The number of rotatable bonds is 4. The number of likely N-dealkylation sites (tertiary alicyclic amines) is 1. The Bertz CT molecular complexity index is 573. The minimum Gasteiger partial charge on any atom is -0.330 e. The molecule has 5 nitrogen and oxygen atoms in total. The highest BCUT2D eigenvalue weighted by Gasteiger charge is 2.22. The lowest BCUT2D eigenvalue weighted by molar-refractivity contribution is 0.317. The number of aromatic nitrogens is 3. The molecule has 1 saturated heterocycles. The molecule has 2 N–H and O–H groups in total. The van der Waals surface area contributed by atoms with E-state index < -0.39 is 0 Å². The van der Waals surface area contributed by atoms with E-state index in [9.17, 15) is 0 Å². The van der Waals surface area contributed by atoms with Gasteiger partial charge in [0.25, 0.3) is 0 Å². The van der Waals surface area contributed by atoms with Gasteiger partial charge in [-0.25, -0.2) is 9.67 Å². The van der Waals surface area contributed by atoms with Gasteiger partial charge in [0.2, 0.25) is 0 Å². The van der Waals surface area contributed by atoms with E-state index in [1.165, 1.54) is 18.3 Å². The number of nitrogens with two attached hydrogens (primary N) is 1. The Morgan fingerprint density at radius 1 is 1.38 bits per heavy atom. The first-order valence-corrected chi connectivity index (χ1v) is 7.20. The Morgan fingerprint density at radius 3 is 2.90 bits per heavy atom. The first-order chi connectivity index (χ1) is 9.76. The standard InChI is InChI=1S/C14H18ClN5.ClH/c15-13-2-1-12(8-19-4-3-11(6-16)7-19)14(5-13)20-10-17-9-18-20;/h1-2,5,9-11H,3-4,6-8,16H2;1H. The fourth-order valence-electron chi connectivity index (χ4n) is 2.71. The molecular formula is C14H19Cl2N5. The molecule has 2 aromatic rings. The zero-order valence-electron chi connectivity index (χ0n) is 11.7. The summed E-state index contributed by atoms with van der Waals surface area (Å²) in [6.45, 7) is 3.83. The van der Waals surface area contributed by atoms with Gasteiger partial charge in [0, 0.05) is 18.1 Å². The Labute approximate surface area is 135 Å². The predicted octanol–water partition coefficient (Wildman–Crippen LogP) is 2.12. The van der Waals surface area contributed by atoms with Crippen molar-refractivity contribution in [2.24, 2.45) is 11.7 Å². The van der Waals surface area contributed by atoms with Gasteiger partial charge in [-0.15, -0.1) is 12.4 Å². The van der Waals surface area contributed by atoms with Crippen molar-refractivity contribution < 1.29 is 0 Å². The van der Waals surface area contributed by atoms with Crippen LogP contribution < -0.4 is 5.73 Å². The van der Waals surface area contributed by atoms with Crippen LogP contribution in [0.3, 0.4) is 0 Å². The van der Waals surface area contributed by atoms with Crippen LogP contribution in [0.25, 0.3) is 5.69 Å². The van der Waals surface area contributed by atoms with Gasteiger partial charge >= 0.3 is 0 Å². The van der Waals surface area contributed by atoms with Crippen LogP contribution in [0.1, 0.15) is 12.0 Å². The lowest BCUT2D eigenvalue weighted by Gasteiger charge is -2.18. The molecule has 0 saturated carbocycles. The smallest absolute Gasteiger partial charge is 0.138 e. The molecule has 2 heterocycles. The number of nitrogens with zero attached hydrogens (tertiary/aromatic N) is 4. The van der Waals surface area contributed by atoms with Gasteiger partial charge in [-0.3, -0.25) is 4.90 Å². The Morgan fingerprint density at radius 2 is 2.24 bits per heavy atom. The summed E-state index contributed by atoms with van der Waals surface area (Å²) >= 11 is 6.10. The van der Waals surface area contributed by atoms with E-state index in [2.05, 4.69) is 21.0 Å². The zero-order valence-corrected chi connectivity index (χ0v) is 13.2.